The van der Waals surface area contributed by atoms with Gasteiger partial charge in [-0.3, -0.25) is 4.68 Å². The van der Waals surface area contributed by atoms with E-state index in [9.17, 15) is 0 Å². The van der Waals surface area contributed by atoms with Crippen molar-refractivity contribution in [3.63, 3.8) is 0 Å². The number of fused-ring (bicyclic) bond motifs is 1. The average molecular weight is 241 g/mol. The van der Waals surface area contributed by atoms with Gasteiger partial charge in [0.2, 0.25) is 0 Å². The zero-order valence-electron chi connectivity index (χ0n) is 10.3. The minimum Gasteiger partial charge on any atom is -0.489 e. The molecule has 0 unspecified atom stereocenters. The Kier molecular flexibility index (Phi) is 2.76. The first-order valence-electron chi connectivity index (χ1n) is 6.06. The lowest BCUT2D eigenvalue weighted by molar-refractivity contribution is 0.306. The minimum absolute atomic E-state index is 0.552. The summed E-state index contributed by atoms with van der Waals surface area (Å²) in [5.74, 6) is 0.881. The number of hydrogen-bond donors (Lipinski definition) is 1. The molecule has 3 aromatic rings. The van der Waals surface area contributed by atoms with Crippen molar-refractivity contribution < 1.29 is 4.74 Å². The van der Waals surface area contributed by atoms with Crippen molar-refractivity contribution in [1.29, 1.82) is 0 Å². The number of nitrogens with zero attached hydrogens (tertiary/aromatic N) is 2. The van der Waals surface area contributed by atoms with E-state index >= 15 is 0 Å². The van der Waals surface area contributed by atoms with Crippen LogP contribution >= 0.6 is 0 Å². The van der Waals surface area contributed by atoms with Crippen molar-refractivity contribution in [3.05, 3.63) is 48.4 Å². The molecule has 1 N–H and O–H groups in total. The number of aromatic amines is 1. The van der Waals surface area contributed by atoms with Gasteiger partial charge in [0.15, 0.2) is 0 Å². The second-order valence-electron chi connectivity index (χ2n) is 4.22. The van der Waals surface area contributed by atoms with E-state index in [0.29, 0.717) is 6.61 Å². The molecule has 18 heavy (non-hydrogen) atoms. The highest BCUT2D eigenvalue weighted by Crippen LogP contribution is 2.20. The highest BCUT2D eigenvalue weighted by atomic mass is 16.5. The first kappa shape index (κ1) is 10.9. The van der Waals surface area contributed by atoms with Gasteiger partial charge in [0.1, 0.15) is 12.4 Å². The van der Waals surface area contributed by atoms with E-state index in [1.807, 2.05) is 47.5 Å². The van der Waals surface area contributed by atoms with Crippen LogP contribution in [0.4, 0.5) is 0 Å². The summed E-state index contributed by atoms with van der Waals surface area (Å²) in [6.07, 6.45) is 5.78. The normalized spacial score (nSPS) is 10.9. The zero-order chi connectivity index (χ0) is 12.4. The van der Waals surface area contributed by atoms with E-state index in [2.05, 4.69) is 17.0 Å². The van der Waals surface area contributed by atoms with E-state index in [0.717, 1.165) is 28.8 Å². The second kappa shape index (κ2) is 4.56. The Hall–Kier alpha value is -2.23. The Morgan fingerprint density at radius 1 is 1.33 bits per heavy atom. The van der Waals surface area contributed by atoms with Crippen molar-refractivity contribution >= 4 is 10.9 Å². The largest absolute Gasteiger partial charge is 0.489 e. The number of hydrogen-bond acceptors (Lipinski definition) is 2. The monoisotopic (exact) mass is 241 g/mol. The van der Waals surface area contributed by atoms with E-state index in [4.69, 9.17) is 4.74 Å². The van der Waals surface area contributed by atoms with Gasteiger partial charge >= 0.3 is 0 Å². The Morgan fingerprint density at radius 2 is 2.28 bits per heavy atom. The average Bonchev–Trinajstić information content (AvgIpc) is 3.04. The van der Waals surface area contributed by atoms with Crippen molar-refractivity contribution in [3.8, 4) is 5.75 Å². The number of nitrogens with one attached hydrogen (secondary N) is 1. The van der Waals surface area contributed by atoms with Crippen molar-refractivity contribution in [2.24, 2.45) is 0 Å². The van der Waals surface area contributed by atoms with Gasteiger partial charge < -0.3 is 9.72 Å². The summed E-state index contributed by atoms with van der Waals surface area (Å²) in [7, 11) is 0. The van der Waals surface area contributed by atoms with Crippen molar-refractivity contribution in [2.45, 2.75) is 20.1 Å². The number of H-pyrrole nitrogens is 1. The summed E-state index contributed by atoms with van der Waals surface area (Å²) in [5.41, 5.74) is 2.21. The van der Waals surface area contributed by atoms with E-state index < -0.39 is 0 Å². The summed E-state index contributed by atoms with van der Waals surface area (Å²) >= 11 is 0. The maximum Gasteiger partial charge on any atom is 0.120 e. The molecule has 0 amide bonds. The number of aryl methyl sites for hydroxylation is 1. The Labute approximate surface area is 105 Å². The molecule has 3 rings (SSSR count). The smallest absolute Gasteiger partial charge is 0.120 e. The van der Waals surface area contributed by atoms with Crippen LogP contribution in [-0.4, -0.2) is 14.8 Å². The molecule has 0 fully saturated rings. The number of rotatable bonds is 4. The highest BCUT2D eigenvalue weighted by molar-refractivity contribution is 5.80. The number of aromatic nitrogens is 3. The van der Waals surface area contributed by atoms with Crippen LogP contribution in [0.2, 0.25) is 0 Å². The van der Waals surface area contributed by atoms with Gasteiger partial charge in [-0.05, 0) is 31.2 Å². The van der Waals surface area contributed by atoms with Crippen LogP contribution < -0.4 is 4.74 Å². The van der Waals surface area contributed by atoms with Crippen LogP contribution in [0, 0.1) is 0 Å². The van der Waals surface area contributed by atoms with Crippen LogP contribution in [-0.2, 0) is 13.2 Å². The predicted molar refractivity (Wildman–Crippen MR) is 70.5 cm³/mol. The molecule has 0 aliphatic carbocycles. The quantitative estimate of drug-likeness (QED) is 0.763. The third kappa shape index (κ3) is 2.09. The molecule has 4 nitrogen and oxygen atoms in total. The fourth-order valence-corrected chi connectivity index (χ4v) is 1.94. The van der Waals surface area contributed by atoms with Crippen LogP contribution in [0.5, 0.6) is 5.75 Å². The van der Waals surface area contributed by atoms with Crippen LogP contribution in [0.1, 0.15) is 12.5 Å². The lowest BCUT2D eigenvalue weighted by Crippen LogP contribution is -1.95. The molecule has 4 heteroatoms. The van der Waals surface area contributed by atoms with Gasteiger partial charge in [-0.2, -0.15) is 5.10 Å². The first-order chi connectivity index (χ1) is 8.85. The van der Waals surface area contributed by atoms with Crippen molar-refractivity contribution in [2.75, 3.05) is 0 Å². The Bertz CT molecular complexity index is 654. The zero-order valence-corrected chi connectivity index (χ0v) is 10.3. The standard InChI is InChI=1S/C14H15N3O/c1-2-17-9-11(8-16-17)10-18-13-3-4-14-12(7-13)5-6-15-14/h3-9,15H,2,10H2,1H3. The molecule has 0 aliphatic rings. The molecule has 0 spiro atoms. The fraction of sp³-hybridized carbons (Fsp3) is 0.214. The molecule has 92 valence electrons. The molecule has 0 saturated heterocycles. The van der Waals surface area contributed by atoms with Gasteiger partial charge in [0.25, 0.3) is 0 Å². The van der Waals surface area contributed by atoms with Gasteiger partial charge in [0, 0.05) is 35.4 Å². The second-order valence-corrected chi connectivity index (χ2v) is 4.22. The van der Waals surface area contributed by atoms with Gasteiger partial charge in [-0.1, -0.05) is 0 Å². The molecule has 0 saturated carbocycles. The minimum atomic E-state index is 0.552. The fourth-order valence-electron chi connectivity index (χ4n) is 1.94. The topological polar surface area (TPSA) is 42.8 Å². The summed E-state index contributed by atoms with van der Waals surface area (Å²) < 4.78 is 7.66. The van der Waals surface area contributed by atoms with E-state index in [1.165, 1.54) is 0 Å². The highest BCUT2D eigenvalue weighted by Gasteiger charge is 2.01. The number of ether oxygens (including phenoxy) is 1. The van der Waals surface area contributed by atoms with Gasteiger partial charge in [-0.15, -0.1) is 0 Å². The molecule has 2 aromatic heterocycles. The summed E-state index contributed by atoms with van der Waals surface area (Å²) in [5, 5.41) is 5.38. The van der Waals surface area contributed by atoms with Crippen LogP contribution in [0.15, 0.2) is 42.9 Å². The van der Waals surface area contributed by atoms with Crippen molar-refractivity contribution in [1.82, 2.24) is 14.8 Å². The Morgan fingerprint density at radius 3 is 3.11 bits per heavy atom. The van der Waals surface area contributed by atoms with E-state index in [-0.39, 0.29) is 0 Å². The maximum absolute atomic E-state index is 5.76. The summed E-state index contributed by atoms with van der Waals surface area (Å²) in [6, 6.07) is 8.08. The molecule has 0 aliphatic heterocycles. The molecule has 0 bridgehead atoms. The lowest BCUT2D eigenvalue weighted by atomic mass is 10.2. The molecular weight excluding hydrogens is 226 g/mol. The van der Waals surface area contributed by atoms with Gasteiger partial charge in [-0.25, -0.2) is 0 Å². The summed E-state index contributed by atoms with van der Waals surface area (Å²) in [4.78, 5) is 3.16. The molecular formula is C14H15N3O. The lowest BCUT2D eigenvalue weighted by Gasteiger charge is -2.04. The third-order valence-electron chi connectivity index (χ3n) is 2.94. The van der Waals surface area contributed by atoms with Crippen LogP contribution in [0.3, 0.4) is 0 Å². The van der Waals surface area contributed by atoms with Gasteiger partial charge in [0.05, 0.1) is 6.20 Å². The SMILES string of the molecule is CCn1cc(COc2ccc3[nH]ccc3c2)cn1. The van der Waals surface area contributed by atoms with Crippen LogP contribution in [0.25, 0.3) is 10.9 Å². The molecule has 2 heterocycles. The molecule has 1 aromatic carbocycles. The predicted octanol–water partition coefficient (Wildman–Crippen LogP) is 2.96. The van der Waals surface area contributed by atoms with E-state index in [1.54, 1.807) is 0 Å². The first-order valence-corrected chi connectivity index (χ1v) is 6.06. The Balaban J connectivity index is 1.72. The molecule has 0 atom stereocenters. The third-order valence-corrected chi connectivity index (χ3v) is 2.94. The maximum atomic E-state index is 5.76. The summed E-state index contributed by atoms with van der Waals surface area (Å²) in [6.45, 7) is 3.50. The number of benzene rings is 1. The molecule has 0 radical (unpaired) electrons.